The maximum absolute atomic E-state index is 12.3. The topological polar surface area (TPSA) is 98.5 Å². The molecular weight excluding hydrogens is 360 g/mol. The highest BCUT2D eigenvalue weighted by Crippen LogP contribution is 2.25. The van der Waals surface area contributed by atoms with E-state index in [-0.39, 0.29) is 10.9 Å². The van der Waals surface area contributed by atoms with Crippen molar-refractivity contribution in [2.24, 2.45) is 0 Å². The first kappa shape index (κ1) is 16.3. The molecule has 6 nitrogen and oxygen atoms in total. The van der Waals surface area contributed by atoms with Crippen molar-refractivity contribution in [1.29, 1.82) is 0 Å². The second-order valence-electron chi connectivity index (χ2n) is 4.90. The van der Waals surface area contributed by atoms with Crippen molar-refractivity contribution in [2.75, 3.05) is 24.7 Å². The van der Waals surface area contributed by atoms with Crippen molar-refractivity contribution in [3.63, 3.8) is 0 Å². The molecule has 21 heavy (non-hydrogen) atoms. The Labute approximate surface area is 132 Å². The largest absolute Gasteiger partial charge is 0.399 e. The molecule has 0 spiro atoms. The molecule has 0 radical (unpaired) electrons. The van der Waals surface area contributed by atoms with E-state index in [1.165, 1.54) is 18.2 Å². The summed E-state index contributed by atoms with van der Waals surface area (Å²) in [5.74, 6) is -1.07. The van der Waals surface area contributed by atoms with Crippen LogP contribution in [0.5, 0.6) is 0 Å². The van der Waals surface area contributed by atoms with Crippen molar-refractivity contribution in [1.82, 2.24) is 5.32 Å². The molecule has 0 unspecified atom stereocenters. The zero-order chi connectivity index (χ0) is 15.5. The molecule has 1 aliphatic rings. The minimum absolute atomic E-state index is 0.0173. The van der Waals surface area contributed by atoms with Crippen LogP contribution in [0.2, 0.25) is 0 Å². The third-order valence-corrected chi connectivity index (χ3v) is 5.79. The number of benzene rings is 1. The Kier molecular flexibility index (Phi) is 5.23. The summed E-state index contributed by atoms with van der Waals surface area (Å²) >= 11 is 3.16. The third kappa shape index (κ3) is 4.42. The van der Waals surface area contributed by atoms with Crippen molar-refractivity contribution in [3.05, 3.63) is 22.7 Å². The molecule has 0 aromatic heterocycles. The first-order valence-electron chi connectivity index (χ1n) is 6.53. The third-order valence-electron chi connectivity index (χ3n) is 3.20. The van der Waals surface area contributed by atoms with Gasteiger partial charge in [-0.25, -0.2) is 8.42 Å². The molecule has 3 N–H and O–H groups in total. The van der Waals surface area contributed by atoms with Gasteiger partial charge < -0.3 is 15.8 Å². The van der Waals surface area contributed by atoms with Gasteiger partial charge in [0.2, 0.25) is 5.91 Å². The Hall–Kier alpha value is -1.12. The number of nitrogen functional groups attached to an aromatic ring is 1. The lowest BCUT2D eigenvalue weighted by atomic mass is 10.1. The van der Waals surface area contributed by atoms with Gasteiger partial charge in [-0.3, -0.25) is 4.79 Å². The SMILES string of the molecule is Nc1ccc(S(=O)(=O)CC(=O)NC2CCOCC2)c(Br)c1. The number of carbonyl (C=O) groups is 1. The number of ether oxygens (including phenoxy) is 1. The zero-order valence-electron chi connectivity index (χ0n) is 11.3. The summed E-state index contributed by atoms with van der Waals surface area (Å²) in [6, 6.07) is 4.38. The molecule has 1 aromatic rings. The molecule has 0 atom stereocenters. The summed E-state index contributed by atoms with van der Waals surface area (Å²) in [5.41, 5.74) is 6.03. The van der Waals surface area contributed by atoms with E-state index in [4.69, 9.17) is 10.5 Å². The van der Waals surface area contributed by atoms with Crippen molar-refractivity contribution < 1.29 is 17.9 Å². The minimum atomic E-state index is -3.70. The molecule has 1 saturated heterocycles. The van der Waals surface area contributed by atoms with Crippen LogP contribution < -0.4 is 11.1 Å². The van der Waals surface area contributed by atoms with Crippen molar-refractivity contribution >= 4 is 37.4 Å². The maximum atomic E-state index is 12.3. The molecule has 0 aliphatic carbocycles. The first-order valence-corrected chi connectivity index (χ1v) is 8.98. The summed E-state index contributed by atoms with van der Waals surface area (Å²) in [6.07, 6.45) is 1.41. The van der Waals surface area contributed by atoms with Gasteiger partial charge in [0, 0.05) is 29.4 Å². The molecule has 0 bridgehead atoms. The van der Waals surface area contributed by atoms with Crippen LogP contribution >= 0.6 is 15.9 Å². The number of hydrogen-bond donors (Lipinski definition) is 2. The number of rotatable bonds is 4. The molecule has 1 heterocycles. The summed E-state index contributed by atoms with van der Waals surface area (Å²) in [7, 11) is -3.70. The average Bonchev–Trinajstić information content (AvgIpc) is 2.38. The summed E-state index contributed by atoms with van der Waals surface area (Å²) < 4.78 is 30.1. The van der Waals surface area contributed by atoms with Crippen LogP contribution in [0, 0.1) is 0 Å². The lowest BCUT2D eigenvalue weighted by Crippen LogP contribution is -2.41. The highest BCUT2D eigenvalue weighted by Gasteiger charge is 2.24. The summed E-state index contributed by atoms with van der Waals surface area (Å²) in [4.78, 5) is 12.0. The molecule has 8 heteroatoms. The predicted molar refractivity (Wildman–Crippen MR) is 82.6 cm³/mol. The Morgan fingerprint density at radius 2 is 2.05 bits per heavy atom. The Morgan fingerprint density at radius 3 is 2.67 bits per heavy atom. The van der Waals surface area contributed by atoms with E-state index in [1.807, 2.05) is 0 Å². The van der Waals surface area contributed by atoms with Crippen LogP contribution in [0.3, 0.4) is 0 Å². The van der Waals surface area contributed by atoms with E-state index in [0.29, 0.717) is 36.2 Å². The van der Waals surface area contributed by atoms with Crippen LogP contribution in [0.15, 0.2) is 27.6 Å². The van der Waals surface area contributed by atoms with Gasteiger partial charge in [-0.05, 0) is 47.0 Å². The highest BCUT2D eigenvalue weighted by molar-refractivity contribution is 9.10. The van der Waals surface area contributed by atoms with Crippen LogP contribution in [-0.2, 0) is 19.4 Å². The van der Waals surface area contributed by atoms with Crippen molar-refractivity contribution in [3.8, 4) is 0 Å². The predicted octanol–water partition coefficient (Wildman–Crippen LogP) is 1.10. The minimum Gasteiger partial charge on any atom is -0.399 e. The number of halogens is 1. The fourth-order valence-electron chi connectivity index (χ4n) is 2.13. The second kappa shape index (κ2) is 6.76. The normalized spacial score (nSPS) is 16.6. The van der Waals surface area contributed by atoms with E-state index in [1.54, 1.807) is 0 Å². The van der Waals surface area contributed by atoms with Gasteiger partial charge in [0.15, 0.2) is 9.84 Å². The van der Waals surface area contributed by atoms with Gasteiger partial charge in [0.1, 0.15) is 5.75 Å². The van der Waals surface area contributed by atoms with Crippen molar-refractivity contribution in [2.45, 2.75) is 23.8 Å². The Balaban J connectivity index is 2.04. The standard InChI is InChI=1S/C13H17BrN2O4S/c14-11-7-9(15)1-2-12(11)21(18,19)8-13(17)16-10-3-5-20-6-4-10/h1-2,7,10H,3-6,8,15H2,(H,16,17). The van der Waals surface area contributed by atoms with E-state index in [2.05, 4.69) is 21.2 Å². The number of anilines is 1. The molecule has 116 valence electrons. The number of hydrogen-bond acceptors (Lipinski definition) is 5. The fourth-order valence-corrected chi connectivity index (χ4v) is 4.48. The number of carbonyl (C=O) groups excluding carboxylic acids is 1. The van der Waals surface area contributed by atoms with E-state index >= 15 is 0 Å². The lowest BCUT2D eigenvalue weighted by Gasteiger charge is -2.23. The van der Waals surface area contributed by atoms with Gasteiger partial charge >= 0.3 is 0 Å². The monoisotopic (exact) mass is 376 g/mol. The van der Waals surface area contributed by atoms with Crippen LogP contribution in [0.1, 0.15) is 12.8 Å². The van der Waals surface area contributed by atoms with Gasteiger partial charge in [-0.2, -0.15) is 0 Å². The van der Waals surface area contributed by atoms with Gasteiger partial charge in [0.25, 0.3) is 0 Å². The Bertz CT molecular complexity index is 627. The Morgan fingerprint density at radius 1 is 1.38 bits per heavy atom. The molecule has 1 amide bonds. The molecule has 1 aromatic carbocycles. The highest BCUT2D eigenvalue weighted by atomic mass is 79.9. The maximum Gasteiger partial charge on any atom is 0.235 e. The number of amides is 1. The number of sulfone groups is 1. The van der Waals surface area contributed by atoms with E-state index in [9.17, 15) is 13.2 Å². The average molecular weight is 377 g/mol. The lowest BCUT2D eigenvalue weighted by molar-refractivity contribution is -0.119. The second-order valence-corrected chi connectivity index (χ2v) is 7.72. The smallest absolute Gasteiger partial charge is 0.235 e. The van der Waals surface area contributed by atoms with Crippen LogP contribution in [0.25, 0.3) is 0 Å². The molecular formula is C13H17BrN2O4S. The molecule has 1 fully saturated rings. The number of nitrogens with two attached hydrogens (primary N) is 1. The molecule has 2 rings (SSSR count). The zero-order valence-corrected chi connectivity index (χ0v) is 13.7. The first-order chi connectivity index (χ1) is 9.88. The summed E-state index contributed by atoms with van der Waals surface area (Å²) in [6.45, 7) is 1.17. The van der Waals surface area contributed by atoms with Crippen LogP contribution in [0.4, 0.5) is 5.69 Å². The van der Waals surface area contributed by atoms with E-state index < -0.39 is 21.5 Å². The van der Waals surface area contributed by atoms with E-state index in [0.717, 1.165) is 0 Å². The molecule has 1 aliphatic heterocycles. The van der Waals surface area contributed by atoms with Gasteiger partial charge in [-0.15, -0.1) is 0 Å². The quantitative estimate of drug-likeness (QED) is 0.766. The van der Waals surface area contributed by atoms with Crippen LogP contribution in [-0.4, -0.2) is 39.3 Å². The summed E-state index contributed by atoms with van der Waals surface area (Å²) in [5, 5.41) is 2.74. The fraction of sp³-hybridized carbons (Fsp3) is 0.462. The molecule has 0 saturated carbocycles. The number of nitrogens with one attached hydrogen (secondary N) is 1. The van der Waals surface area contributed by atoms with Gasteiger partial charge in [0.05, 0.1) is 4.90 Å². The van der Waals surface area contributed by atoms with Gasteiger partial charge in [-0.1, -0.05) is 0 Å².